The fourth-order valence-corrected chi connectivity index (χ4v) is 2.11. The molecule has 1 aromatic heterocycles. The molecule has 0 fully saturated rings. The lowest BCUT2D eigenvalue weighted by Gasteiger charge is -2.12. The molecule has 1 aromatic carbocycles. The number of methoxy groups -OCH3 is 1. The molecular weight excluding hydrogens is 240 g/mol. The number of carbonyl (C=O) groups excluding carboxylic acids is 1. The number of rotatable bonds is 2. The second-order valence-corrected chi connectivity index (χ2v) is 4.41. The second-order valence-electron chi connectivity index (χ2n) is 4.00. The first-order chi connectivity index (χ1) is 8.06. The number of imidazole rings is 1. The van der Waals surface area contributed by atoms with Crippen LogP contribution in [0.2, 0.25) is 5.02 Å². The molecule has 0 N–H and O–H groups in total. The number of para-hydroxylation sites is 1. The number of halogens is 1. The summed E-state index contributed by atoms with van der Waals surface area (Å²) in [7, 11) is 1.34. The van der Waals surface area contributed by atoms with Crippen molar-refractivity contribution in [2.24, 2.45) is 0 Å². The number of benzene rings is 1. The Labute approximate surface area is 104 Å². The van der Waals surface area contributed by atoms with Gasteiger partial charge in [-0.25, -0.2) is 9.78 Å². The van der Waals surface area contributed by atoms with Gasteiger partial charge < -0.3 is 9.30 Å². The minimum atomic E-state index is -0.453. The van der Waals surface area contributed by atoms with Crippen molar-refractivity contribution in [2.75, 3.05) is 7.11 Å². The van der Waals surface area contributed by atoms with Crippen LogP contribution < -0.4 is 0 Å². The molecule has 0 spiro atoms. The number of aromatic nitrogens is 2. The average Bonchev–Trinajstić information content (AvgIpc) is 2.68. The Kier molecular flexibility index (Phi) is 3.07. The van der Waals surface area contributed by atoms with Crippen LogP contribution in [0.4, 0.5) is 0 Å². The smallest absolute Gasteiger partial charge is 0.374 e. The van der Waals surface area contributed by atoms with E-state index in [0.29, 0.717) is 10.5 Å². The summed E-state index contributed by atoms with van der Waals surface area (Å²) >= 11 is 6.15. The van der Waals surface area contributed by atoms with Crippen LogP contribution in [0.25, 0.3) is 11.0 Å². The van der Waals surface area contributed by atoms with Gasteiger partial charge in [0.1, 0.15) is 0 Å². The van der Waals surface area contributed by atoms with Gasteiger partial charge in [-0.3, -0.25) is 0 Å². The summed E-state index contributed by atoms with van der Waals surface area (Å²) < 4.78 is 6.53. The van der Waals surface area contributed by atoms with Crippen LogP contribution in [-0.4, -0.2) is 22.6 Å². The van der Waals surface area contributed by atoms with Crippen molar-refractivity contribution in [3.05, 3.63) is 29.0 Å². The van der Waals surface area contributed by atoms with Crippen LogP contribution in [0, 0.1) is 0 Å². The van der Waals surface area contributed by atoms with Crippen LogP contribution in [0.3, 0.4) is 0 Å². The highest BCUT2D eigenvalue weighted by Gasteiger charge is 2.21. The summed E-state index contributed by atoms with van der Waals surface area (Å²) in [6.07, 6.45) is 0. The molecule has 0 aliphatic rings. The topological polar surface area (TPSA) is 44.1 Å². The Morgan fingerprint density at radius 1 is 1.47 bits per heavy atom. The van der Waals surface area contributed by atoms with Crippen LogP contribution >= 0.6 is 11.6 Å². The molecule has 2 aromatic rings. The highest BCUT2D eigenvalue weighted by molar-refractivity contribution is 6.35. The summed E-state index contributed by atoms with van der Waals surface area (Å²) in [6, 6.07) is 5.50. The summed E-state index contributed by atoms with van der Waals surface area (Å²) in [5.74, 6) is -0.170. The predicted octanol–water partition coefficient (Wildman–Crippen LogP) is 3.06. The number of fused-ring (bicyclic) bond motifs is 1. The van der Waals surface area contributed by atoms with Gasteiger partial charge in [0.25, 0.3) is 0 Å². The van der Waals surface area contributed by atoms with Crippen molar-refractivity contribution >= 4 is 28.6 Å². The van der Waals surface area contributed by atoms with E-state index >= 15 is 0 Å². The van der Waals surface area contributed by atoms with Gasteiger partial charge in [-0.2, -0.15) is 0 Å². The molecule has 0 amide bonds. The Morgan fingerprint density at radius 2 is 2.18 bits per heavy atom. The summed E-state index contributed by atoms with van der Waals surface area (Å²) in [4.78, 5) is 15.9. The Morgan fingerprint density at radius 3 is 2.76 bits per heavy atom. The fraction of sp³-hybridized carbons (Fsp3) is 0.333. The maximum atomic E-state index is 11.7. The zero-order chi connectivity index (χ0) is 12.6. The first-order valence-electron chi connectivity index (χ1n) is 5.31. The zero-order valence-electron chi connectivity index (χ0n) is 9.90. The third kappa shape index (κ3) is 1.89. The highest BCUT2D eigenvalue weighted by atomic mass is 35.5. The number of nitrogens with zero attached hydrogens (tertiary/aromatic N) is 2. The van der Waals surface area contributed by atoms with E-state index in [4.69, 9.17) is 16.3 Å². The number of esters is 1. The Hall–Kier alpha value is -1.55. The number of ether oxygens (including phenoxy) is 1. The largest absolute Gasteiger partial charge is 0.463 e. The lowest BCUT2D eigenvalue weighted by molar-refractivity contribution is 0.0580. The minimum Gasteiger partial charge on any atom is -0.463 e. The van der Waals surface area contributed by atoms with Crippen LogP contribution in [0.1, 0.15) is 30.5 Å². The first kappa shape index (κ1) is 11.9. The van der Waals surface area contributed by atoms with Crippen LogP contribution in [-0.2, 0) is 4.74 Å². The quantitative estimate of drug-likeness (QED) is 0.772. The molecule has 0 saturated heterocycles. The van der Waals surface area contributed by atoms with Gasteiger partial charge in [0.05, 0.1) is 23.2 Å². The van der Waals surface area contributed by atoms with E-state index in [0.717, 1.165) is 5.52 Å². The maximum Gasteiger partial charge on any atom is 0.374 e. The number of carbonyl (C=O) groups is 1. The molecular formula is C12H13ClN2O2. The number of hydrogen-bond acceptors (Lipinski definition) is 3. The lowest BCUT2D eigenvalue weighted by atomic mass is 10.3. The van der Waals surface area contributed by atoms with Gasteiger partial charge in [0, 0.05) is 6.04 Å². The summed E-state index contributed by atoms with van der Waals surface area (Å²) in [6.45, 7) is 3.94. The van der Waals surface area contributed by atoms with Gasteiger partial charge in [-0.15, -0.1) is 0 Å². The molecule has 5 heteroatoms. The molecule has 0 radical (unpaired) electrons. The molecule has 0 saturated carbocycles. The van der Waals surface area contributed by atoms with E-state index in [9.17, 15) is 4.79 Å². The third-order valence-electron chi connectivity index (χ3n) is 2.55. The molecule has 0 unspecified atom stereocenters. The van der Waals surface area contributed by atoms with Crippen molar-refractivity contribution in [2.45, 2.75) is 19.9 Å². The van der Waals surface area contributed by atoms with Gasteiger partial charge in [-0.1, -0.05) is 17.7 Å². The fourth-order valence-electron chi connectivity index (χ4n) is 1.84. The van der Waals surface area contributed by atoms with E-state index < -0.39 is 5.97 Å². The van der Waals surface area contributed by atoms with E-state index in [1.807, 2.05) is 26.0 Å². The van der Waals surface area contributed by atoms with E-state index in [1.54, 1.807) is 10.6 Å². The Balaban J connectivity index is 2.81. The first-order valence-corrected chi connectivity index (χ1v) is 5.68. The molecule has 2 rings (SSSR count). The zero-order valence-corrected chi connectivity index (χ0v) is 10.7. The number of hydrogen-bond donors (Lipinski definition) is 0. The third-order valence-corrected chi connectivity index (χ3v) is 2.85. The van der Waals surface area contributed by atoms with Crippen molar-refractivity contribution in [1.82, 2.24) is 9.55 Å². The summed E-state index contributed by atoms with van der Waals surface area (Å²) in [5, 5.41) is 0.582. The highest BCUT2D eigenvalue weighted by Crippen LogP contribution is 2.27. The van der Waals surface area contributed by atoms with Gasteiger partial charge in [0.2, 0.25) is 5.82 Å². The average molecular weight is 253 g/mol. The molecule has 0 aliphatic carbocycles. The maximum absolute atomic E-state index is 11.7. The normalized spacial score (nSPS) is 11.1. The van der Waals surface area contributed by atoms with Crippen LogP contribution in [0.15, 0.2) is 18.2 Å². The monoisotopic (exact) mass is 252 g/mol. The van der Waals surface area contributed by atoms with Crippen molar-refractivity contribution in [1.29, 1.82) is 0 Å². The minimum absolute atomic E-state index is 0.0778. The van der Waals surface area contributed by atoms with Crippen molar-refractivity contribution < 1.29 is 9.53 Å². The van der Waals surface area contributed by atoms with E-state index in [1.165, 1.54) is 7.11 Å². The summed E-state index contributed by atoms with van der Waals surface area (Å²) in [5.41, 5.74) is 1.47. The van der Waals surface area contributed by atoms with Crippen molar-refractivity contribution in [3.8, 4) is 0 Å². The standard InChI is InChI=1S/C12H13ClN2O2/c1-7(2)15-10-8(13)5-4-6-9(10)14-11(15)12(16)17-3/h4-7H,1-3H3. The van der Waals surface area contributed by atoms with Crippen LogP contribution in [0.5, 0.6) is 0 Å². The van der Waals surface area contributed by atoms with Gasteiger partial charge in [-0.05, 0) is 26.0 Å². The van der Waals surface area contributed by atoms with Gasteiger partial charge >= 0.3 is 5.97 Å². The molecule has 4 nitrogen and oxygen atoms in total. The van der Waals surface area contributed by atoms with Gasteiger partial charge in [0.15, 0.2) is 0 Å². The predicted molar refractivity (Wildman–Crippen MR) is 66.5 cm³/mol. The van der Waals surface area contributed by atoms with E-state index in [2.05, 4.69) is 4.98 Å². The SMILES string of the molecule is COC(=O)c1nc2cccc(Cl)c2n1C(C)C. The van der Waals surface area contributed by atoms with Crippen molar-refractivity contribution in [3.63, 3.8) is 0 Å². The van der Waals surface area contributed by atoms with E-state index in [-0.39, 0.29) is 11.9 Å². The molecule has 0 bridgehead atoms. The molecule has 90 valence electrons. The molecule has 1 heterocycles. The molecule has 17 heavy (non-hydrogen) atoms. The lowest BCUT2D eigenvalue weighted by Crippen LogP contribution is -2.13. The second kappa shape index (κ2) is 4.37. The Bertz CT molecular complexity index is 575. The molecule has 0 atom stereocenters. The molecule has 0 aliphatic heterocycles.